The Labute approximate surface area is 387 Å². The average Bonchev–Trinajstić information content (AvgIpc) is 3.80. The van der Waals surface area contributed by atoms with Gasteiger partial charge in [0.2, 0.25) is 0 Å². The van der Waals surface area contributed by atoms with E-state index in [0.29, 0.717) is 5.82 Å². The fourth-order valence-corrected chi connectivity index (χ4v) is 9.93. The van der Waals surface area contributed by atoms with Crippen molar-refractivity contribution in [2.45, 2.75) is 0 Å². The van der Waals surface area contributed by atoms with Crippen molar-refractivity contribution in [2.75, 3.05) is 0 Å². The molecule has 2 aromatic heterocycles. The SMILES string of the molecule is c1ccc(-c2ccc(-c3cc(-c4ccc(-c5ccc(-c6cccc7oc8ccccc8c67)cc5)cc4)nc(-c4ccc(-c5ccc6c7ccccc7c7ccccc7c6c5)cc4)n3)cc2)cc1. The van der Waals surface area contributed by atoms with Crippen LogP contribution in [0.25, 0.3) is 133 Å². The summed E-state index contributed by atoms with van der Waals surface area (Å²) in [4.78, 5) is 10.5. The molecule has 0 radical (unpaired) electrons. The number of fused-ring (bicyclic) bond motifs is 9. The molecule has 0 aliphatic carbocycles. The molecule has 312 valence electrons. The lowest BCUT2D eigenvalue weighted by molar-refractivity contribution is 0.669. The largest absolute Gasteiger partial charge is 0.456 e. The molecule has 11 aromatic carbocycles. The van der Waals surface area contributed by atoms with Gasteiger partial charge in [0.1, 0.15) is 11.2 Å². The Morgan fingerprint density at radius 1 is 0.239 bits per heavy atom. The maximum Gasteiger partial charge on any atom is 0.160 e. The van der Waals surface area contributed by atoms with Gasteiger partial charge >= 0.3 is 0 Å². The predicted molar refractivity (Wildman–Crippen MR) is 280 cm³/mol. The van der Waals surface area contributed by atoms with Crippen LogP contribution in [0.4, 0.5) is 0 Å². The summed E-state index contributed by atoms with van der Waals surface area (Å²) in [7, 11) is 0. The van der Waals surface area contributed by atoms with Crippen molar-refractivity contribution in [1.82, 2.24) is 9.97 Å². The predicted octanol–water partition coefficient (Wildman–Crippen LogP) is 17.5. The summed E-state index contributed by atoms with van der Waals surface area (Å²) in [5, 5.41) is 9.91. The van der Waals surface area contributed by atoms with Crippen molar-refractivity contribution in [3.63, 3.8) is 0 Å². The van der Waals surface area contributed by atoms with E-state index in [1.54, 1.807) is 0 Å². The van der Waals surface area contributed by atoms with E-state index in [1.807, 2.05) is 24.3 Å². The zero-order valence-electron chi connectivity index (χ0n) is 36.4. The van der Waals surface area contributed by atoms with Crippen LogP contribution in [0.5, 0.6) is 0 Å². The van der Waals surface area contributed by atoms with Gasteiger partial charge in [-0.05, 0) is 101 Å². The van der Waals surface area contributed by atoms with Crippen molar-refractivity contribution in [1.29, 1.82) is 0 Å². The molecule has 3 nitrogen and oxygen atoms in total. The fourth-order valence-electron chi connectivity index (χ4n) is 9.93. The van der Waals surface area contributed by atoms with Gasteiger partial charge in [0, 0.05) is 27.5 Å². The van der Waals surface area contributed by atoms with Crippen LogP contribution in [0.1, 0.15) is 0 Å². The Balaban J connectivity index is 0.848. The topological polar surface area (TPSA) is 38.9 Å². The van der Waals surface area contributed by atoms with Crippen LogP contribution in [-0.2, 0) is 0 Å². The Hall–Kier alpha value is -8.92. The van der Waals surface area contributed by atoms with E-state index in [2.05, 4.69) is 218 Å². The molecule has 0 atom stereocenters. The van der Waals surface area contributed by atoms with Gasteiger partial charge in [-0.2, -0.15) is 0 Å². The van der Waals surface area contributed by atoms with E-state index in [-0.39, 0.29) is 0 Å². The molecular formula is C64H40N2O. The van der Waals surface area contributed by atoms with Crippen LogP contribution < -0.4 is 0 Å². The molecule has 0 amide bonds. The molecule has 67 heavy (non-hydrogen) atoms. The number of aromatic nitrogens is 2. The first-order valence-electron chi connectivity index (χ1n) is 22.8. The second-order valence-electron chi connectivity index (χ2n) is 17.3. The normalized spacial score (nSPS) is 11.6. The van der Waals surface area contributed by atoms with Gasteiger partial charge in [0.25, 0.3) is 0 Å². The monoisotopic (exact) mass is 852 g/mol. The average molecular weight is 853 g/mol. The lowest BCUT2D eigenvalue weighted by Gasteiger charge is -2.13. The molecule has 0 bridgehead atoms. The number of para-hydroxylation sites is 1. The Bertz CT molecular complexity index is 3950. The van der Waals surface area contributed by atoms with Crippen LogP contribution in [0.2, 0.25) is 0 Å². The smallest absolute Gasteiger partial charge is 0.160 e. The molecule has 0 spiro atoms. The Kier molecular flexibility index (Phi) is 9.17. The number of hydrogen-bond donors (Lipinski definition) is 0. The van der Waals surface area contributed by atoms with Gasteiger partial charge in [-0.25, -0.2) is 9.97 Å². The standard InChI is InChI=1S/C64H40N2O/c1-2-11-41(12-3-1)42-23-31-47(32-24-42)59-40-60(48-33-25-44(26-34-48)43-21-29-46(30-22-43)51-18-10-20-62-63(51)57-17-8-9-19-61(57)67-62)66-64(65-59)49-35-27-45(28-36-49)50-37-38-56-54-15-5-4-13-52(54)53-14-6-7-16-55(53)58(56)39-50/h1-40H. The van der Waals surface area contributed by atoms with Gasteiger partial charge in [-0.3, -0.25) is 0 Å². The van der Waals surface area contributed by atoms with Crippen molar-refractivity contribution >= 4 is 54.3 Å². The summed E-state index contributed by atoms with van der Waals surface area (Å²) in [5.74, 6) is 0.683. The third kappa shape index (κ3) is 6.84. The number of rotatable bonds is 7. The first-order valence-corrected chi connectivity index (χ1v) is 22.8. The van der Waals surface area contributed by atoms with E-state index in [9.17, 15) is 0 Å². The highest BCUT2D eigenvalue weighted by molar-refractivity contribution is 6.25. The summed E-state index contributed by atoms with van der Waals surface area (Å²) in [6.45, 7) is 0. The van der Waals surface area contributed by atoms with Crippen LogP contribution in [-0.4, -0.2) is 9.97 Å². The highest BCUT2D eigenvalue weighted by Crippen LogP contribution is 2.40. The second-order valence-corrected chi connectivity index (χ2v) is 17.3. The zero-order chi connectivity index (χ0) is 44.3. The zero-order valence-corrected chi connectivity index (χ0v) is 36.4. The molecule has 2 heterocycles. The van der Waals surface area contributed by atoms with E-state index in [0.717, 1.165) is 72.3 Å². The summed E-state index contributed by atoms with van der Waals surface area (Å²) in [6.07, 6.45) is 0. The van der Waals surface area contributed by atoms with E-state index >= 15 is 0 Å². The molecule has 3 heteroatoms. The lowest BCUT2D eigenvalue weighted by Crippen LogP contribution is -1.96. The maximum absolute atomic E-state index is 6.19. The second kappa shape index (κ2) is 16.0. The summed E-state index contributed by atoms with van der Waals surface area (Å²) >= 11 is 0. The van der Waals surface area contributed by atoms with Crippen molar-refractivity contribution in [3.8, 4) is 78.4 Å². The third-order valence-electron chi connectivity index (χ3n) is 13.3. The van der Waals surface area contributed by atoms with Gasteiger partial charge in [0.15, 0.2) is 5.82 Å². The molecule has 0 N–H and O–H groups in total. The molecule has 13 aromatic rings. The molecule has 0 saturated carbocycles. The minimum atomic E-state index is 0.683. The van der Waals surface area contributed by atoms with Crippen LogP contribution in [0.15, 0.2) is 247 Å². The lowest BCUT2D eigenvalue weighted by atomic mass is 9.92. The molecule has 0 aliphatic heterocycles. The summed E-state index contributed by atoms with van der Waals surface area (Å²) < 4.78 is 6.19. The third-order valence-corrected chi connectivity index (χ3v) is 13.3. The Morgan fingerprint density at radius 2 is 0.642 bits per heavy atom. The van der Waals surface area contributed by atoms with Gasteiger partial charge in [-0.15, -0.1) is 0 Å². The highest BCUT2D eigenvalue weighted by Gasteiger charge is 2.15. The molecule has 0 saturated heterocycles. The minimum absolute atomic E-state index is 0.683. The van der Waals surface area contributed by atoms with Crippen LogP contribution in [0, 0.1) is 0 Å². The van der Waals surface area contributed by atoms with E-state index < -0.39 is 0 Å². The molecule has 13 rings (SSSR count). The highest BCUT2D eigenvalue weighted by atomic mass is 16.3. The number of hydrogen-bond acceptors (Lipinski definition) is 3. The first-order chi connectivity index (χ1) is 33.2. The van der Waals surface area contributed by atoms with Crippen molar-refractivity contribution in [3.05, 3.63) is 243 Å². The molecule has 0 fully saturated rings. The van der Waals surface area contributed by atoms with E-state index in [4.69, 9.17) is 14.4 Å². The van der Waals surface area contributed by atoms with Crippen molar-refractivity contribution < 1.29 is 4.42 Å². The van der Waals surface area contributed by atoms with Gasteiger partial charge < -0.3 is 4.42 Å². The number of benzene rings is 11. The summed E-state index contributed by atoms with van der Waals surface area (Å²) in [5.41, 5.74) is 15.8. The Morgan fingerprint density at radius 3 is 1.22 bits per heavy atom. The van der Waals surface area contributed by atoms with Crippen LogP contribution in [0.3, 0.4) is 0 Å². The summed E-state index contributed by atoms with van der Waals surface area (Å²) in [6, 6.07) is 86.4. The number of furan rings is 1. The van der Waals surface area contributed by atoms with E-state index in [1.165, 1.54) is 54.6 Å². The van der Waals surface area contributed by atoms with Crippen LogP contribution >= 0.6 is 0 Å². The van der Waals surface area contributed by atoms with Gasteiger partial charge in [-0.1, -0.05) is 218 Å². The fraction of sp³-hybridized carbons (Fsp3) is 0. The molecular weight excluding hydrogens is 813 g/mol. The molecule has 0 unspecified atom stereocenters. The maximum atomic E-state index is 6.19. The minimum Gasteiger partial charge on any atom is -0.456 e. The number of nitrogens with zero attached hydrogens (tertiary/aromatic N) is 2. The van der Waals surface area contributed by atoms with Gasteiger partial charge in [0.05, 0.1) is 11.4 Å². The van der Waals surface area contributed by atoms with Crippen molar-refractivity contribution in [2.24, 2.45) is 0 Å². The molecule has 0 aliphatic rings. The first kappa shape index (κ1) is 38.5. The quantitative estimate of drug-likeness (QED) is 0.150.